The van der Waals surface area contributed by atoms with Crippen LogP contribution in [0.1, 0.15) is 55.8 Å². The lowest BCUT2D eigenvalue weighted by Crippen LogP contribution is -2.05. The molecule has 0 aliphatic rings. The van der Waals surface area contributed by atoms with E-state index in [0.717, 1.165) is 4.88 Å². The zero-order valence-corrected chi connectivity index (χ0v) is 13.7. The quantitative estimate of drug-likeness (QED) is 0.634. The van der Waals surface area contributed by atoms with Crippen molar-refractivity contribution < 1.29 is 14.7 Å². The number of carbonyl (C=O) groups excluding carboxylic acids is 1. The summed E-state index contributed by atoms with van der Waals surface area (Å²) in [5.41, 5.74) is 2.03. The third-order valence-corrected chi connectivity index (χ3v) is 5.04. The van der Waals surface area contributed by atoms with Crippen molar-refractivity contribution in [2.75, 3.05) is 0 Å². The van der Waals surface area contributed by atoms with E-state index < -0.39 is 5.97 Å². The second-order valence-electron chi connectivity index (χ2n) is 5.08. The summed E-state index contributed by atoms with van der Waals surface area (Å²) in [7, 11) is 0. The van der Waals surface area contributed by atoms with Gasteiger partial charge in [-0.1, -0.05) is 13.8 Å². The molecule has 0 radical (unpaired) electrons. The molecule has 3 nitrogen and oxygen atoms in total. The highest BCUT2D eigenvalue weighted by Gasteiger charge is 2.22. The van der Waals surface area contributed by atoms with E-state index in [-0.39, 0.29) is 17.3 Å². The Morgan fingerprint density at radius 3 is 2.48 bits per heavy atom. The number of aromatic carboxylic acids is 1. The minimum Gasteiger partial charge on any atom is -0.478 e. The van der Waals surface area contributed by atoms with Gasteiger partial charge in [0.15, 0.2) is 5.78 Å². The topological polar surface area (TPSA) is 54.4 Å². The van der Waals surface area contributed by atoms with Gasteiger partial charge in [0.05, 0.1) is 10.4 Å². The molecule has 2 aromatic rings. The number of ketones is 1. The molecule has 0 aliphatic heterocycles. The lowest BCUT2D eigenvalue weighted by Gasteiger charge is -2.06. The Bertz CT molecular complexity index is 705. The molecular formula is C16H16O3S2. The number of carboxylic acid groups (broad SMARTS) is 1. The SMILES string of the molecule is Cc1csc(C=CC(=O)c2scc(C(=O)O)c2C(C)C)c1. The Morgan fingerprint density at radius 1 is 1.24 bits per heavy atom. The van der Waals surface area contributed by atoms with Crippen LogP contribution < -0.4 is 0 Å². The van der Waals surface area contributed by atoms with Crippen LogP contribution in [0.25, 0.3) is 6.08 Å². The van der Waals surface area contributed by atoms with Crippen molar-refractivity contribution in [2.24, 2.45) is 0 Å². The molecule has 0 spiro atoms. The first-order chi connectivity index (χ1) is 9.90. The molecule has 0 amide bonds. The van der Waals surface area contributed by atoms with Crippen molar-refractivity contribution in [3.05, 3.63) is 49.3 Å². The molecule has 0 saturated heterocycles. The molecule has 0 saturated carbocycles. The van der Waals surface area contributed by atoms with Crippen LogP contribution in [0.4, 0.5) is 0 Å². The first-order valence-electron chi connectivity index (χ1n) is 6.52. The van der Waals surface area contributed by atoms with Crippen LogP contribution in [-0.4, -0.2) is 16.9 Å². The van der Waals surface area contributed by atoms with Gasteiger partial charge in [-0.25, -0.2) is 4.79 Å². The third kappa shape index (κ3) is 3.49. The van der Waals surface area contributed by atoms with Crippen LogP contribution in [-0.2, 0) is 0 Å². The average Bonchev–Trinajstić information content (AvgIpc) is 3.01. The van der Waals surface area contributed by atoms with Gasteiger partial charge in [-0.3, -0.25) is 4.79 Å². The van der Waals surface area contributed by atoms with E-state index in [1.807, 2.05) is 32.2 Å². The maximum atomic E-state index is 12.3. The fourth-order valence-corrected chi connectivity index (χ4v) is 3.98. The number of allylic oxidation sites excluding steroid dienone is 1. The number of carboxylic acids is 1. The number of rotatable bonds is 5. The minimum atomic E-state index is -0.980. The number of hydrogen-bond donors (Lipinski definition) is 1. The van der Waals surface area contributed by atoms with Crippen LogP contribution in [0.2, 0.25) is 0 Å². The van der Waals surface area contributed by atoms with E-state index in [0.29, 0.717) is 10.4 Å². The highest BCUT2D eigenvalue weighted by Crippen LogP contribution is 2.30. The molecule has 0 unspecified atom stereocenters. The smallest absolute Gasteiger partial charge is 0.336 e. The van der Waals surface area contributed by atoms with E-state index >= 15 is 0 Å². The van der Waals surface area contributed by atoms with Gasteiger partial charge in [-0.2, -0.15) is 0 Å². The predicted molar refractivity (Wildman–Crippen MR) is 87.8 cm³/mol. The summed E-state index contributed by atoms with van der Waals surface area (Å²) in [4.78, 5) is 25.1. The fraction of sp³-hybridized carbons (Fsp3) is 0.250. The number of hydrogen-bond acceptors (Lipinski definition) is 4. The zero-order chi connectivity index (χ0) is 15.6. The summed E-state index contributed by atoms with van der Waals surface area (Å²) in [6.45, 7) is 5.81. The molecule has 0 atom stereocenters. The molecule has 2 heterocycles. The van der Waals surface area contributed by atoms with Crippen LogP contribution in [0, 0.1) is 6.92 Å². The first-order valence-corrected chi connectivity index (χ1v) is 8.28. The fourth-order valence-electron chi connectivity index (χ4n) is 2.07. The van der Waals surface area contributed by atoms with Crippen molar-refractivity contribution in [1.29, 1.82) is 0 Å². The van der Waals surface area contributed by atoms with Gasteiger partial charge in [-0.15, -0.1) is 22.7 Å². The van der Waals surface area contributed by atoms with Crippen molar-refractivity contribution in [3.8, 4) is 0 Å². The van der Waals surface area contributed by atoms with Crippen molar-refractivity contribution in [2.45, 2.75) is 26.7 Å². The molecule has 1 N–H and O–H groups in total. The molecule has 5 heteroatoms. The summed E-state index contributed by atoms with van der Waals surface area (Å²) >= 11 is 2.78. The number of thiophene rings is 2. The second kappa shape index (κ2) is 6.37. The van der Waals surface area contributed by atoms with Crippen molar-refractivity contribution in [3.63, 3.8) is 0 Å². The highest BCUT2D eigenvalue weighted by molar-refractivity contribution is 7.13. The highest BCUT2D eigenvalue weighted by atomic mass is 32.1. The lowest BCUT2D eigenvalue weighted by atomic mass is 9.97. The largest absolute Gasteiger partial charge is 0.478 e. The molecule has 110 valence electrons. The summed E-state index contributed by atoms with van der Waals surface area (Å²) in [6.07, 6.45) is 3.30. The molecule has 0 aromatic carbocycles. The summed E-state index contributed by atoms with van der Waals surface area (Å²) < 4.78 is 0. The van der Waals surface area contributed by atoms with Crippen molar-refractivity contribution in [1.82, 2.24) is 0 Å². The molecular weight excluding hydrogens is 304 g/mol. The Balaban J connectivity index is 2.31. The molecule has 0 bridgehead atoms. The average molecular weight is 320 g/mol. The van der Waals surface area contributed by atoms with E-state index in [1.54, 1.807) is 22.8 Å². The van der Waals surface area contributed by atoms with Crippen LogP contribution >= 0.6 is 22.7 Å². The van der Waals surface area contributed by atoms with E-state index in [1.165, 1.54) is 23.0 Å². The lowest BCUT2D eigenvalue weighted by molar-refractivity contribution is 0.0696. The second-order valence-corrected chi connectivity index (χ2v) is 6.90. The van der Waals surface area contributed by atoms with E-state index in [4.69, 9.17) is 0 Å². The van der Waals surface area contributed by atoms with E-state index in [2.05, 4.69) is 0 Å². The zero-order valence-electron chi connectivity index (χ0n) is 12.0. The van der Waals surface area contributed by atoms with Gasteiger partial charge in [0, 0.05) is 10.3 Å². The molecule has 2 rings (SSSR count). The molecule has 2 aromatic heterocycles. The van der Waals surface area contributed by atoms with Gasteiger partial charge in [0.2, 0.25) is 0 Å². The maximum Gasteiger partial charge on any atom is 0.336 e. The Hall–Kier alpha value is -1.72. The summed E-state index contributed by atoms with van der Waals surface area (Å²) in [5, 5.41) is 12.8. The van der Waals surface area contributed by atoms with Gasteiger partial charge < -0.3 is 5.11 Å². The van der Waals surface area contributed by atoms with Crippen LogP contribution in [0.15, 0.2) is 22.9 Å². The van der Waals surface area contributed by atoms with Gasteiger partial charge in [-0.05, 0) is 47.6 Å². The monoisotopic (exact) mass is 320 g/mol. The van der Waals surface area contributed by atoms with Crippen LogP contribution in [0.3, 0.4) is 0 Å². The van der Waals surface area contributed by atoms with E-state index in [9.17, 15) is 14.7 Å². The van der Waals surface area contributed by atoms with Gasteiger partial charge >= 0.3 is 5.97 Å². The standard InChI is InChI=1S/C16H16O3S2/c1-9(2)14-12(16(18)19)8-21-15(14)13(17)5-4-11-6-10(3)7-20-11/h4-9H,1-3H3,(H,18,19). The summed E-state index contributed by atoms with van der Waals surface area (Å²) in [6, 6.07) is 2.01. The molecule has 21 heavy (non-hydrogen) atoms. The normalized spacial score (nSPS) is 11.4. The van der Waals surface area contributed by atoms with Crippen LogP contribution in [0.5, 0.6) is 0 Å². The van der Waals surface area contributed by atoms with Gasteiger partial charge in [0.1, 0.15) is 0 Å². The Kier molecular flexibility index (Phi) is 4.75. The molecule has 0 fully saturated rings. The first kappa shape index (κ1) is 15.7. The molecule has 0 aliphatic carbocycles. The van der Waals surface area contributed by atoms with Gasteiger partial charge in [0.25, 0.3) is 0 Å². The number of carbonyl (C=O) groups is 2. The third-order valence-electron chi connectivity index (χ3n) is 3.01. The number of aryl methyl sites for hydroxylation is 1. The predicted octanol–water partition coefficient (Wildman–Crippen LogP) is 4.84. The van der Waals surface area contributed by atoms with Crippen molar-refractivity contribution >= 4 is 40.5 Å². The minimum absolute atomic E-state index is 0.00122. The Labute approximate surface area is 131 Å². The summed E-state index contributed by atoms with van der Waals surface area (Å²) in [5.74, 6) is -1.12. The Morgan fingerprint density at radius 2 is 1.95 bits per heavy atom. The maximum absolute atomic E-state index is 12.3.